The van der Waals surface area contributed by atoms with Gasteiger partial charge in [0.25, 0.3) is 0 Å². The van der Waals surface area contributed by atoms with Gasteiger partial charge < -0.3 is 9.47 Å². The van der Waals surface area contributed by atoms with Crippen molar-refractivity contribution in [3.8, 4) is 22.1 Å². The van der Waals surface area contributed by atoms with E-state index in [4.69, 9.17) is 9.47 Å². The van der Waals surface area contributed by atoms with Crippen LogP contribution in [0.1, 0.15) is 4.88 Å². The minimum absolute atomic E-state index is 0.713. The van der Waals surface area contributed by atoms with E-state index in [1.54, 1.807) is 25.6 Å². The van der Waals surface area contributed by atoms with Crippen molar-refractivity contribution in [3.63, 3.8) is 0 Å². The molecule has 0 atom stereocenters. The van der Waals surface area contributed by atoms with Crippen LogP contribution in [-0.4, -0.2) is 19.2 Å². The van der Waals surface area contributed by atoms with Crippen LogP contribution >= 0.6 is 24.0 Å². The molecular formula is C12H13NO2S2. The maximum atomic E-state index is 5.27. The van der Waals surface area contributed by atoms with Crippen LogP contribution in [0.15, 0.2) is 24.4 Å². The van der Waals surface area contributed by atoms with Crippen LogP contribution in [0.25, 0.3) is 10.6 Å². The molecule has 17 heavy (non-hydrogen) atoms. The van der Waals surface area contributed by atoms with Gasteiger partial charge in [-0.25, -0.2) is 4.98 Å². The molecular weight excluding hydrogens is 254 g/mol. The van der Waals surface area contributed by atoms with E-state index in [1.165, 1.54) is 0 Å². The smallest absolute Gasteiger partial charge is 0.161 e. The molecule has 2 rings (SSSR count). The molecule has 5 heteroatoms. The molecule has 1 heterocycles. The van der Waals surface area contributed by atoms with Gasteiger partial charge in [-0.1, -0.05) is 0 Å². The Labute approximate surface area is 110 Å². The molecule has 1 aromatic carbocycles. The van der Waals surface area contributed by atoms with Gasteiger partial charge in [0.1, 0.15) is 5.01 Å². The average molecular weight is 267 g/mol. The van der Waals surface area contributed by atoms with Crippen molar-refractivity contribution in [2.24, 2.45) is 0 Å². The van der Waals surface area contributed by atoms with Gasteiger partial charge in [0, 0.05) is 22.4 Å². The minimum Gasteiger partial charge on any atom is -0.493 e. The molecule has 0 spiro atoms. The van der Waals surface area contributed by atoms with Gasteiger partial charge >= 0.3 is 0 Å². The van der Waals surface area contributed by atoms with E-state index in [0.717, 1.165) is 21.2 Å². The number of thiazole rings is 1. The fourth-order valence-corrected chi connectivity index (χ4v) is 2.53. The highest BCUT2D eigenvalue weighted by atomic mass is 32.1. The molecule has 0 bridgehead atoms. The summed E-state index contributed by atoms with van der Waals surface area (Å²) < 4.78 is 10.5. The Kier molecular flexibility index (Phi) is 3.91. The van der Waals surface area contributed by atoms with Gasteiger partial charge in [-0.2, -0.15) is 12.6 Å². The normalized spacial score (nSPS) is 10.3. The first kappa shape index (κ1) is 12.3. The molecule has 2 aromatic rings. The zero-order valence-electron chi connectivity index (χ0n) is 9.64. The maximum Gasteiger partial charge on any atom is 0.161 e. The van der Waals surface area contributed by atoms with Crippen LogP contribution in [0.5, 0.6) is 11.5 Å². The zero-order valence-corrected chi connectivity index (χ0v) is 11.3. The number of rotatable bonds is 4. The quantitative estimate of drug-likeness (QED) is 0.863. The standard InChI is InChI=1S/C12H13NO2S2/c1-14-10-4-3-8(5-11(10)15-2)12-13-6-9(7-16)17-12/h3-6,16H,7H2,1-2H3. The number of hydrogen-bond acceptors (Lipinski definition) is 5. The summed E-state index contributed by atoms with van der Waals surface area (Å²) in [6.07, 6.45) is 1.85. The molecule has 0 fully saturated rings. The third kappa shape index (κ3) is 2.56. The highest BCUT2D eigenvalue weighted by molar-refractivity contribution is 7.79. The van der Waals surface area contributed by atoms with Crippen molar-refractivity contribution in [2.75, 3.05) is 14.2 Å². The summed E-state index contributed by atoms with van der Waals surface area (Å²) in [6, 6.07) is 5.79. The SMILES string of the molecule is COc1ccc(-c2ncc(CS)s2)cc1OC. The van der Waals surface area contributed by atoms with Gasteiger partial charge in [0.2, 0.25) is 0 Å². The Morgan fingerprint density at radius 3 is 2.59 bits per heavy atom. The molecule has 0 aliphatic carbocycles. The molecule has 0 aliphatic heterocycles. The first-order chi connectivity index (χ1) is 8.28. The van der Waals surface area contributed by atoms with Crippen molar-refractivity contribution in [2.45, 2.75) is 5.75 Å². The van der Waals surface area contributed by atoms with Crippen LogP contribution in [0, 0.1) is 0 Å². The van der Waals surface area contributed by atoms with Crippen molar-refractivity contribution < 1.29 is 9.47 Å². The van der Waals surface area contributed by atoms with Gasteiger partial charge in [0.15, 0.2) is 11.5 Å². The van der Waals surface area contributed by atoms with E-state index < -0.39 is 0 Å². The second-order valence-electron chi connectivity index (χ2n) is 3.36. The fourth-order valence-electron chi connectivity index (χ4n) is 1.48. The van der Waals surface area contributed by atoms with E-state index in [1.807, 2.05) is 24.4 Å². The lowest BCUT2D eigenvalue weighted by molar-refractivity contribution is 0.355. The van der Waals surface area contributed by atoms with E-state index >= 15 is 0 Å². The number of hydrogen-bond donors (Lipinski definition) is 1. The maximum absolute atomic E-state index is 5.27. The summed E-state index contributed by atoms with van der Waals surface area (Å²) in [5.41, 5.74) is 1.03. The monoisotopic (exact) mass is 267 g/mol. The Hall–Kier alpha value is -1.20. The van der Waals surface area contributed by atoms with Gasteiger partial charge in [-0.05, 0) is 18.2 Å². The number of nitrogens with zero attached hydrogens (tertiary/aromatic N) is 1. The molecule has 0 N–H and O–H groups in total. The second kappa shape index (κ2) is 5.42. The topological polar surface area (TPSA) is 31.4 Å². The predicted octanol–water partition coefficient (Wildman–Crippen LogP) is 3.26. The van der Waals surface area contributed by atoms with Crippen LogP contribution in [0.3, 0.4) is 0 Å². The van der Waals surface area contributed by atoms with Crippen LogP contribution in [-0.2, 0) is 5.75 Å². The number of methoxy groups -OCH3 is 2. The van der Waals surface area contributed by atoms with E-state index in [9.17, 15) is 0 Å². The van der Waals surface area contributed by atoms with E-state index in [-0.39, 0.29) is 0 Å². The molecule has 90 valence electrons. The molecule has 3 nitrogen and oxygen atoms in total. The number of aromatic nitrogens is 1. The number of ether oxygens (including phenoxy) is 2. The van der Waals surface area contributed by atoms with E-state index in [0.29, 0.717) is 11.5 Å². The van der Waals surface area contributed by atoms with Gasteiger partial charge in [-0.15, -0.1) is 11.3 Å². The van der Waals surface area contributed by atoms with Crippen molar-refractivity contribution >= 4 is 24.0 Å². The molecule has 0 saturated heterocycles. The van der Waals surface area contributed by atoms with Crippen LogP contribution in [0.4, 0.5) is 0 Å². The lowest BCUT2D eigenvalue weighted by Crippen LogP contribution is -1.90. The van der Waals surface area contributed by atoms with E-state index in [2.05, 4.69) is 17.6 Å². The molecule has 0 amide bonds. The predicted molar refractivity (Wildman–Crippen MR) is 73.3 cm³/mol. The molecule has 0 aliphatic rings. The first-order valence-electron chi connectivity index (χ1n) is 5.06. The lowest BCUT2D eigenvalue weighted by Gasteiger charge is -2.08. The summed E-state index contributed by atoms with van der Waals surface area (Å²) in [6.45, 7) is 0. The Balaban J connectivity index is 2.38. The largest absolute Gasteiger partial charge is 0.493 e. The van der Waals surface area contributed by atoms with Crippen LogP contribution < -0.4 is 9.47 Å². The fraction of sp³-hybridized carbons (Fsp3) is 0.250. The van der Waals surface area contributed by atoms with Crippen molar-refractivity contribution in [1.82, 2.24) is 4.98 Å². The molecule has 1 aromatic heterocycles. The highest BCUT2D eigenvalue weighted by Gasteiger charge is 2.08. The van der Waals surface area contributed by atoms with Crippen LogP contribution in [0.2, 0.25) is 0 Å². The van der Waals surface area contributed by atoms with Crippen molar-refractivity contribution in [1.29, 1.82) is 0 Å². The molecule has 0 saturated carbocycles. The Morgan fingerprint density at radius 1 is 1.24 bits per heavy atom. The summed E-state index contributed by atoms with van der Waals surface area (Å²) in [7, 11) is 3.25. The molecule has 0 radical (unpaired) electrons. The summed E-state index contributed by atoms with van der Waals surface area (Å²) in [5.74, 6) is 2.15. The second-order valence-corrected chi connectivity index (χ2v) is 4.79. The van der Waals surface area contributed by atoms with Crippen molar-refractivity contribution in [3.05, 3.63) is 29.3 Å². The highest BCUT2D eigenvalue weighted by Crippen LogP contribution is 2.34. The minimum atomic E-state index is 0.713. The zero-order chi connectivity index (χ0) is 12.3. The molecule has 0 unspecified atom stereocenters. The summed E-state index contributed by atoms with van der Waals surface area (Å²) in [5, 5.41) is 0.968. The number of benzene rings is 1. The Bertz CT molecular complexity index is 511. The van der Waals surface area contributed by atoms with Gasteiger partial charge in [0.05, 0.1) is 14.2 Å². The number of thiol groups is 1. The third-order valence-electron chi connectivity index (χ3n) is 2.34. The first-order valence-corrected chi connectivity index (χ1v) is 6.51. The van der Waals surface area contributed by atoms with Gasteiger partial charge in [-0.3, -0.25) is 0 Å². The summed E-state index contributed by atoms with van der Waals surface area (Å²) in [4.78, 5) is 5.51. The lowest BCUT2D eigenvalue weighted by atomic mass is 10.2. The third-order valence-corrected chi connectivity index (χ3v) is 3.94. The Morgan fingerprint density at radius 2 is 2.00 bits per heavy atom. The average Bonchev–Trinajstić information content (AvgIpc) is 2.86. The summed E-state index contributed by atoms with van der Waals surface area (Å²) >= 11 is 5.87.